The zero-order valence-electron chi connectivity index (χ0n) is 21.9. The van der Waals surface area contributed by atoms with E-state index in [1.165, 1.54) is 17.7 Å². The summed E-state index contributed by atoms with van der Waals surface area (Å²) in [4.78, 5) is 39.2. The van der Waals surface area contributed by atoms with E-state index in [1.54, 1.807) is 4.90 Å². The van der Waals surface area contributed by atoms with Gasteiger partial charge in [0.05, 0.1) is 36.7 Å². The lowest BCUT2D eigenvalue weighted by Crippen LogP contribution is -2.55. The molecule has 6 rings (SSSR count). The fourth-order valence-corrected chi connectivity index (χ4v) is 6.18. The molecule has 4 aliphatic rings. The van der Waals surface area contributed by atoms with Gasteiger partial charge in [-0.15, -0.1) is 0 Å². The number of aromatic nitrogens is 4. The molecule has 3 aliphatic heterocycles. The summed E-state index contributed by atoms with van der Waals surface area (Å²) in [6, 6.07) is -0.783. The first kappa shape index (κ1) is 26.9. The molecular weight excluding hydrogens is 531 g/mol. The number of nitrogens with one attached hydrogen (secondary N) is 1. The normalized spacial score (nSPS) is 27.6. The molecule has 3 saturated heterocycles. The fourth-order valence-electron chi connectivity index (χ4n) is 6.18. The van der Waals surface area contributed by atoms with Crippen LogP contribution in [0.15, 0.2) is 23.4 Å². The molecule has 216 valence electrons. The predicted molar refractivity (Wildman–Crippen MR) is 137 cm³/mol. The summed E-state index contributed by atoms with van der Waals surface area (Å²) in [5.41, 5.74) is -1.70. The number of anilines is 2. The molecule has 1 aliphatic carbocycles. The van der Waals surface area contributed by atoms with Gasteiger partial charge in [-0.05, 0) is 43.6 Å². The van der Waals surface area contributed by atoms with Crippen molar-refractivity contribution in [1.29, 1.82) is 0 Å². The zero-order chi connectivity index (χ0) is 28.0. The van der Waals surface area contributed by atoms with Gasteiger partial charge in [-0.3, -0.25) is 9.59 Å². The van der Waals surface area contributed by atoms with E-state index in [2.05, 4.69) is 15.1 Å². The number of ether oxygens (including phenoxy) is 1. The minimum Gasteiger partial charge on any atom is -0.389 e. The summed E-state index contributed by atoms with van der Waals surface area (Å²) < 4.78 is 46.8. The molecule has 0 unspecified atom stereocenters. The maximum atomic E-state index is 13.6. The van der Waals surface area contributed by atoms with Crippen LogP contribution in [-0.4, -0.2) is 93.2 Å². The molecule has 4 fully saturated rings. The van der Waals surface area contributed by atoms with Crippen LogP contribution in [0, 0.1) is 0 Å². The van der Waals surface area contributed by atoms with Crippen LogP contribution >= 0.6 is 0 Å². The van der Waals surface area contributed by atoms with Crippen LogP contribution in [0.3, 0.4) is 0 Å². The maximum Gasteiger partial charge on any atom is 0.423 e. The predicted octanol–water partition coefficient (Wildman–Crippen LogP) is 1.68. The lowest BCUT2D eigenvalue weighted by atomic mass is 10.0. The molecule has 2 aromatic rings. The van der Waals surface area contributed by atoms with Crippen LogP contribution in [0.25, 0.3) is 0 Å². The highest BCUT2D eigenvalue weighted by atomic mass is 19.4. The molecule has 0 bridgehead atoms. The second kappa shape index (κ2) is 10.6. The Bertz CT molecular complexity index is 1290. The first-order valence-corrected chi connectivity index (χ1v) is 13.8. The van der Waals surface area contributed by atoms with Gasteiger partial charge in [0.1, 0.15) is 11.7 Å². The molecule has 2 aromatic heterocycles. The van der Waals surface area contributed by atoms with Gasteiger partial charge in [0, 0.05) is 45.0 Å². The monoisotopic (exact) mass is 563 g/mol. The van der Waals surface area contributed by atoms with E-state index in [0.29, 0.717) is 63.7 Å². The zero-order valence-corrected chi connectivity index (χ0v) is 21.9. The summed E-state index contributed by atoms with van der Waals surface area (Å²) in [6.45, 7) is 1.71. The number of hydrogen-bond donors (Lipinski definition) is 2. The molecule has 1 amide bonds. The summed E-state index contributed by atoms with van der Waals surface area (Å²) in [7, 11) is 0. The van der Waals surface area contributed by atoms with Gasteiger partial charge in [0.15, 0.2) is 0 Å². The number of alkyl halides is 3. The minimum absolute atomic E-state index is 0.0452. The number of H-pyrrole nitrogens is 1. The number of nitrogens with zero attached hydrogens (tertiary/aromatic N) is 6. The van der Waals surface area contributed by atoms with Gasteiger partial charge in [0.25, 0.3) is 11.5 Å². The summed E-state index contributed by atoms with van der Waals surface area (Å²) >= 11 is 0. The topological polar surface area (TPSA) is 128 Å². The number of aliphatic hydroxyl groups excluding tert-OH is 1. The van der Waals surface area contributed by atoms with Crippen LogP contribution < -0.4 is 15.4 Å². The Kier molecular flexibility index (Phi) is 7.15. The van der Waals surface area contributed by atoms with Crippen molar-refractivity contribution in [3.63, 3.8) is 0 Å². The van der Waals surface area contributed by atoms with Crippen molar-refractivity contribution in [2.24, 2.45) is 0 Å². The van der Waals surface area contributed by atoms with Crippen LogP contribution in [0.1, 0.15) is 55.6 Å². The second-order valence-corrected chi connectivity index (χ2v) is 11.0. The van der Waals surface area contributed by atoms with E-state index in [0.717, 1.165) is 11.8 Å². The molecule has 2 N–H and O–H groups in total. The highest BCUT2D eigenvalue weighted by Gasteiger charge is 2.43. The largest absolute Gasteiger partial charge is 0.423 e. The standard InChI is InChI=1S/C26H32F3N7O4/c27-26(28,29)22-19(12-32-33-23(22)38)35-7-1-2-17(35)14-40-21-6-9-36(24(21)39)18-5-8-34(13-20(18)37)25-30-10-16(11-31-25)15-3-4-15/h10-12,15,17-18,20-21,37H,1-9,13-14H2,(H,33,38)/t17-,18+,20+,21+/m0/s1. The van der Waals surface area contributed by atoms with Gasteiger partial charge in [-0.1, -0.05) is 0 Å². The number of amides is 1. The average molecular weight is 564 g/mol. The van der Waals surface area contributed by atoms with Crippen molar-refractivity contribution >= 4 is 17.5 Å². The molecule has 0 spiro atoms. The van der Waals surface area contributed by atoms with Gasteiger partial charge in [-0.2, -0.15) is 18.3 Å². The van der Waals surface area contributed by atoms with E-state index >= 15 is 0 Å². The number of halogens is 3. The summed E-state index contributed by atoms with van der Waals surface area (Å²) in [5.74, 6) is 0.915. The molecule has 11 nitrogen and oxygen atoms in total. The Balaban J connectivity index is 1.05. The maximum absolute atomic E-state index is 13.6. The van der Waals surface area contributed by atoms with Crippen molar-refractivity contribution in [3.05, 3.63) is 40.1 Å². The van der Waals surface area contributed by atoms with Crippen molar-refractivity contribution in [2.75, 3.05) is 42.6 Å². The fraction of sp³-hybridized carbons (Fsp3) is 0.654. The van der Waals surface area contributed by atoms with E-state index in [-0.39, 0.29) is 24.2 Å². The Labute approximate surface area is 228 Å². The number of likely N-dealkylation sites (tertiary alicyclic amines) is 1. The quantitative estimate of drug-likeness (QED) is 0.517. The van der Waals surface area contributed by atoms with Crippen molar-refractivity contribution in [3.8, 4) is 0 Å². The smallest absolute Gasteiger partial charge is 0.389 e. The molecule has 14 heteroatoms. The Hall–Kier alpha value is -3.26. The molecule has 40 heavy (non-hydrogen) atoms. The van der Waals surface area contributed by atoms with Gasteiger partial charge < -0.3 is 24.5 Å². The molecule has 4 atom stereocenters. The van der Waals surface area contributed by atoms with Crippen LogP contribution in [-0.2, 0) is 15.7 Å². The van der Waals surface area contributed by atoms with Crippen LogP contribution in [0.5, 0.6) is 0 Å². The van der Waals surface area contributed by atoms with Gasteiger partial charge >= 0.3 is 6.18 Å². The number of carbonyl (C=O) groups excluding carboxylic acids is 1. The Morgan fingerprint density at radius 2 is 1.77 bits per heavy atom. The first-order chi connectivity index (χ1) is 19.2. The average Bonchev–Trinajstić information content (AvgIpc) is 3.57. The third kappa shape index (κ3) is 5.26. The summed E-state index contributed by atoms with van der Waals surface area (Å²) in [5, 5.41) is 16.4. The lowest BCUT2D eigenvalue weighted by molar-refractivity contribution is -0.141. The molecule has 0 aromatic carbocycles. The van der Waals surface area contributed by atoms with Gasteiger partial charge in [0.2, 0.25) is 5.95 Å². The molecule has 1 saturated carbocycles. The number of rotatable bonds is 7. The lowest BCUT2D eigenvalue weighted by Gasteiger charge is -2.40. The van der Waals surface area contributed by atoms with E-state index in [9.17, 15) is 27.9 Å². The highest BCUT2D eigenvalue weighted by Crippen LogP contribution is 2.40. The van der Waals surface area contributed by atoms with E-state index < -0.39 is 35.5 Å². The minimum atomic E-state index is -4.83. The number of piperidine rings is 1. The molecular formula is C26H32F3N7O4. The van der Waals surface area contributed by atoms with Crippen LogP contribution in [0.4, 0.5) is 24.8 Å². The second-order valence-electron chi connectivity index (χ2n) is 11.0. The van der Waals surface area contributed by atoms with Crippen molar-refractivity contribution in [2.45, 2.75) is 74.9 Å². The highest BCUT2D eigenvalue weighted by molar-refractivity contribution is 5.83. The van der Waals surface area contributed by atoms with E-state index in [4.69, 9.17) is 4.74 Å². The van der Waals surface area contributed by atoms with Gasteiger partial charge in [-0.25, -0.2) is 15.1 Å². The van der Waals surface area contributed by atoms with Crippen LogP contribution in [0.2, 0.25) is 0 Å². The Morgan fingerprint density at radius 1 is 1.00 bits per heavy atom. The number of aliphatic hydroxyl groups is 1. The molecule has 5 heterocycles. The SMILES string of the molecule is O=C1[C@H](OC[C@@H]2CCCN2c2cn[nH]c(=O)c2C(F)(F)F)CCN1[C@@H]1CCN(c2ncc(C3CC3)cn2)C[C@H]1O. The van der Waals surface area contributed by atoms with Crippen molar-refractivity contribution in [1.82, 2.24) is 25.1 Å². The number of hydrogen-bond acceptors (Lipinski definition) is 9. The number of aromatic amines is 1. The van der Waals surface area contributed by atoms with E-state index in [1.807, 2.05) is 22.4 Å². The first-order valence-electron chi connectivity index (χ1n) is 13.8. The third-order valence-electron chi connectivity index (χ3n) is 8.42. The summed E-state index contributed by atoms with van der Waals surface area (Å²) in [6.07, 6.45) is 2.91. The number of carbonyl (C=O) groups is 1. The molecule has 0 radical (unpaired) electrons. The van der Waals surface area contributed by atoms with Crippen molar-refractivity contribution < 1.29 is 27.8 Å². The number of β-amino-alcohol motifs (C(OH)–C–C–N with tert-alkyl or cyclic N) is 1. The Morgan fingerprint density at radius 3 is 2.48 bits per heavy atom. The third-order valence-corrected chi connectivity index (χ3v) is 8.42.